The summed E-state index contributed by atoms with van der Waals surface area (Å²) in [6.07, 6.45) is 7.73. The average Bonchev–Trinajstić information content (AvgIpc) is 3.02. The molecule has 5 heteroatoms. The lowest BCUT2D eigenvalue weighted by molar-refractivity contribution is 0.138. The van der Waals surface area contributed by atoms with Crippen molar-refractivity contribution in [3.63, 3.8) is 0 Å². The van der Waals surface area contributed by atoms with Crippen molar-refractivity contribution in [3.05, 3.63) is 34.0 Å². The molecule has 4 nitrogen and oxygen atoms in total. The van der Waals surface area contributed by atoms with E-state index in [-0.39, 0.29) is 0 Å². The lowest BCUT2D eigenvalue weighted by atomic mass is 9.97. The third-order valence-corrected chi connectivity index (χ3v) is 4.42. The zero-order valence-electron chi connectivity index (χ0n) is 10.6. The van der Waals surface area contributed by atoms with E-state index in [1.54, 1.807) is 11.3 Å². The molecule has 0 radical (unpaired) electrons. The molecular weight excluding hydrogens is 244 g/mol. The monoisotopic (exact) mass is 262 g/mol. The number of thiazole rings is 1. The Morgan fingerprint density at radius 3 is 3.11 bits per heavy atom. The summed E-state index contributed by atoms with van der Waals surface area (Å²) in [4.78, 5) is 8.06. The third kappa shape index (κ3) is 2.33. The van der Waals surface area contributed by atoms with Crippen LogP contribution in [0.25, 0.3) is 0 Å². The summed E-state index contributed by atoms with van der Waals surface area (Å²) < 4.78 is 0. The van der Waals surface area contributed by atoms with E-state index in [4.69, 9.17) is 0 Å². The Balaban J connectivity index is 1.80. The Morgan fingerprint density at radius 2 is 2.39 bits per heavy atom. The van der Waals surface area contributed by atoms with Crippen LogP contribution in [0.15, 0.2) is 17.9 Å². The van der Waals surface area contributed by atoms with Crippen LogP contribution in [0.1, 0.15) is 41.4 Å². The molecule has 1 N–H and O–H groups in total. The normalized spacial score (nSPS) is 21.3. The van der Waals surface area contributed by atoms with Gasteiger partial charge in [0.2, 0.25) is 0 Å². The van der Waals surface area contributed by atoms with Crippen molar-refractivity contribution < 1.29 is 0 Å². The van der Waals surface area contributed by atoms with E-state index in [0.29, 0.717) is 6.04 Å². The van der Waals surface area contributed by atoms with Crippen LogP contribution < -0.4 is 0 Å². The van der Waals surface area contributed by atoms with Gasteiger partial charge in [-0.15, -0.1) is 11.3 Å². The van der Waals surface area contributed by atoms with Crippen LogP contribution in [-0.4, -0.2) is 26.6 Å². The summed E-state index contributed by atoms with van der Waals surface area (Å²) in [5, 5.41) is 7.35. The Morgan fingerprint density at radius 1 is 1.44 bits per heavy atom. The third-order valence-electron chi connectivity index (χ3n) is 3.66. The molecular formula is C13H18N4S. The highest BCUT2D eigenvalue weighted by atomic mass is 32.1. The summed E-state index contributed by atoms with van der Waals surface area (Å²) in [7, 11) is 0. The van der Waals surface area contributed by atoms with Crippen molar-refractivity contribution in [2.45, 2.75) is 38.8 Å². The molecule has 0 aromatic carbocycles. The fourth-order valence-corrected chi connectivity index (χ4v) is 3.34. The number of hydrogen-bond donors (Lipinski definition) is 1. The van der Waals surface area contributed by atoms with Gasteiger partial charge in [0.1, 0.15) is 0 Å². The number of nitrogens with zero attached hydrogens (tertiary/aromatic N) is 3. The number of hydrogen-bond acceptors (Lipinski definition) is 4. The molecule has 96 valence electrons. The van der Waals surface area contributed by atoms with Gasteiger partial charge in [-0.3, -0.25) is 15.0 Å². The van der Waals surface area contributed by atoms with E-state index >= 15 is 0 Å². The van der Waals surface area contributed by atoms with Gasteiger partial charge >= 0.3 is 0 Å². The first-order chi connectivity index (χ1) is 8.84. The molecule has 1 saturated heterocycles. The number of piperidine rings is 1. The Kier molecular flexibility index (Phi) is 3.43. The van der Waals surface area contributed by atoms with Gasteiger partial charge < -0.3 is 0 Å². The predicted molar refractivity (Wildman–Crippen MR) is 72.4 cm³/mol. The van der Waals surface area contributed by atoms with E-state index in [2.05, 4.69) is 27.0 Å². The maximum Gasteiger partial charge on any atom is 0.0794 e. The molecule has 0 spiro atoms. The van der Waals surface area contributed by atoms with Crippen LogP contribution in [0.3, 0.4) is 0 Å². The molecule has 18 heavy (non-hydrogen) atoms. The molecule has 1 fully saturated rings. The molecule has 0 amide bonds. The molecule has 1 aliphatic heterocycles. The summed E-state index contributed by atoms with van der Waals surface area (Å²) in [6.45, 7) is 4.31. The van der Waals surface area contributed by atoms with Crippen LogP contribution >= 0.6 is 11.3 Å². The van der Waals surface area contributed by atoms with Crippen molar-refractivity contribution in [1.29, 1.82) is 0 Å². The fraction of sp³-hybridized carbons (Fsp3) is 0.538. The second-order valence-corrected chi connectivity index (χ2v) is 5.89. The van der Waals surface area contributed by atoms with Gasteiger partial charge in [-0.25, -0.2) is 0 Å². The maximum absolute atomic E-state index is 4.17. The summed E-state index contributed by atoms with van der Waals surface area (Å²) in [6, 6.07) is 0.489. The topological polar surface area (TPSA) is 44.8 Å². The van der Waals surface area contributed by atoms with Crippen molar-refractivity contribution in [2.24, 2.45) is 0 Å². The second-order valence-electron chi connectivity index (χ2n) is 4.92. The number of H-pyrrole nitrogens is 1. The van der Waals surface area contributed by atoms with Crippen molar-refractivity contribution in [2.75, 3.05) is 6.54 Å². The molecule has 0 unspecified atom stereocenters. The quantitative estimate of drug-likeness (QED) is 0.925. The smallest absolute Gasteiger partial charge is 0.0794 e. The minimum Gasteiger partial charge on any atom is -0.290 e. The minimum atomic E-state index is 0.489. The Hall–Kier alpha value is -1.20. The molecule has 1 aliphatic rings. The van der Waals surface area contributed by atoms with Crippen LogP contribution in [0, 0.1) is 6.92 Å². The standard InChI is InChI=1S/C13H18N4S/c1-10-6-15-16-13(10)12-4-2-3-5-17(12)8-11-7-14-9-18-11/h6-7,9,12H,2-5,8H2,1H3,(H,15,16)/t12-/m1/s1. The van der Waals surface area contributed by atoms with E-state index in [1.165, 1.54) is 41.9 Å². The van der Waals surface area contributed by atoms with E-state index in [9.17, 15) is 0 Å². The molecule has 3 rings (SSSR count). The van der Waals surface area contributed by atoms with Gasteiger partial charge in [-0.1, -0.05) is 6.42 Å². The van der Waals surface area contributed by atoms with Gasteiger partial charge in [-0.05, 0) is 31.9 Å². The first-order valence-electron chi connectivity index (χ1n) is 6.46. The van der Waals surface area contributed by atoms with Crippen LogP contribution in [0.4, 0.5) is 0 Å². The number of aromatic nitrogens is 3. The molecule has 0 aliphatic carbocycles. The summed E-state index contributed by atoms with van der Waals surface area (Å²) >= 11 is 1.74. The van der Waals surface area contributed by atoms with E-state index in [1.807, 2.05) is 17.9 Å². The van der Waals surface area contributed by atoms with E-state index in [0.717, 1.165) is 6.54 Å². The van der Waals surface area contributed by atoms with Gasteiger partial charge in [0.05, 0.1) is 23.4 Å². The lowest BCUT2D eigenvalue weighted by Gasteiger charge is -2.35. The minimum absolute atomic E-state index is 0.489. The highest BCUT2D eigenvalue weighted by Crippen LogP contribution is 2.32. The molecule has 2 aromatic heterocycles. The van der Waals surface area contributed by atoms with Crippen molar-refractivity contribution in [3.8, 4) is 0 Å². The zero-order valence-corrected chi connectivity index (χ0v) is 11.4. The number of likely N-dealkylation sites (tertiary alicyclic amines) is 1. The van der Waals surface area contributed by atoms with Gasteiger partial charge in [-0.2, -0.15) is 5.10 Å². The first-order valence-corrected chi connectivity index (χ1v) is 7.34. The first kappa shape index (κ1) is 11.9. The number of rotatable bonds is 3. The largest absolute Gasteiger partial charge is 0.290 e. The molecule has 0 bridgehead atoms. The Labute approximate surface area is 111 Å². The van der Waals surface area contributed by atoms with Gasteiger partial charge in [0.25, 0.3) is 0 Å². The SMILES string of the molecule is Cc1cn[nH]c1[C@H]1CCCCN1Cc1cncs1. The van der Waals surface area contributed by atoms with Crippen LogP contribution in [0.2, 0.25) is 0 Å². The summed E-state index contributed by atoms with van der Waals surface area (Å²) in [5.74, 6) is 0. The molecule has 3 heterocycles. The fourth-order valence-electron chi connectivity index (χ4n) is 2.72. The average molecular weight is 262 g/mol. The second kappa shape index (κ2) is 5.20. The summed E-state index contributed by atoms with van der Waals surface area (Å²) in [5.41, 5.74) is 4.48. The van der Waals surface area contributed by atoms with Crippen molar-refractivity contribution >= 4 is 11.3 Å². The molecule has 1 atom stereocenters. The van der Waals surface area contributed by atoms with Crippen LogP contribution in [0.5, 0.6) is 0 Å². The van der Waals surface area contributed by atoms with Gasteiger partial charge in [0.15, 0.2) is 0 Å². The molecule has 2 aromatic rings. The zero-order chi connectivity index (χ0) is 12.4. The Bertz CT molecular complexity index is 491. The molecule has 0 saturated carbocycles. The number of aromatic amines is 1. The van der Waals surface area contributed by atoms with E-state index < -0.39 is 0 Å². The predicted octanol–water partition coefficient (Wildman–Crippen LogP) is 2.90. The van der Waals surface area contributed by atoms with Gasteiger partial charge in [0, 0.05) is 17.6 Å². The maximum atomic E-state index is 4.17. The van der Waals surface area contributed by atoms with Crippen LogP contribution in [-0.2, 0) is 6.54 Å². The lowest BCUT2D eigenvalue weighted by Crippen LogP contribution is -2.33. The van der Waals surface area contributed by atoms with Crippen molar-refractivity contribution in [1.82, 2.24) is 20.1 Å². The highest BCUT2D eigenvalue weighted by molar-refractivity contribution is 7.09. The highest BCUT2D eigenvalue weighted by Gasteiger charge is 2.26. The number of aryl methyl sites for hydroxylation is 1. The number of nitrogens with one attached hydrogen (secondary N) is 1.